The first-order chi connectivity index (χ1) is 27.4. The van der Waals surface area contributed by atoms with E-state index in [2.05, 4.69) is 31.6 Å². The van der Waals surface area contributed by atoms with Gasteiger partial charge in [0.15, 0.2) is 11.7 Å². The van der Waals surface area contributed by atoms with Gasteiger partial charge in [-0.3, -0.25) is 38.6 Å². The fourth-order valence-electron chi connectivity index (χ4n) is 6.98. The van der Waals surface area contributed by atoms with Crippen molar-refractivity contribution in [2.75, 3.05) is 13.1 Å². The fraction of sp³-hybridized carbons (Fsp3) is 0.463. The molecule has 11 N–H and O–H groups in total. The van der Waals surface area contributed by atoms with Crippen LogP contribution in [-0.2, 0) is 35.2 Å². The molecule has 1 heterocycles. The summed E-state index contributed by atoms with van der Waals surface area (Å²) in [5.41, 5.74) is 18.1. The molecule has 2 aliphatic rings. The van der Waals surface area contributed by atoms with Crippen molar-refractivity contribution in [1.29, 1.82) is 0 Å². The zero-order valence-corrected chi connectivity index (χ0v) is 32.2. The first kappa shape index (κ1) is 43.7. The summed E-state index contributed by atoms with van der Waals surface area (Å²) in [6, 6.07) is 11.4. The number of carbonyl (C=O) groups is 7. The Morgan fingerprint density at radius 2 is 1.26 bits per heavy atom. The summed E-state index contributed by atoms with van der Waals surface area (Å²) < 4.78 is 0. The molecule has 2 aromatic rings. The quantitative estimate of drug-likeness (QED) is 0.0691. The summed E-state index contributed by atoms with van der Waals surface area (Å²) in [7, 11) is 0. The van der Waals surface area contributed by atoms with Gasteiger partial charge < -0.3 is 43.8 Å². The molecular formula is C41H55N9O7. The van der Waals surface area contributed by atoms with Gasteiger partial charge >= 0.3 is 0 Å². The van der Waals surface area contributed by atoms with Gasteiger partial charge in [-0.05, 0) is 50.0 Å². The predicted molar refractivity (Wildman–Crippen MR) is 214 cm³/mol. The Kier molecular flexibility index (Phi) is 17.2. The number of nitrogens with two attached hydrogens (primary N) is 3. The molecular weight excluding hydrogens is 731 g/mol. The van der Waals surface area contributed by atoms with Crippen LogP contribution in [0.25, 0.3) is 0 Å². The molecule has 2 aromatic carbocycles. The van der Waals surface area contributed by atoms with Gasteiger partial charge in [-0.25, -0.2) is 0 Å². The van der Waals surface area contributed by atoms with E-state index in [-0.39, 0.29) is 56.4 Å². The summed E-state index contributed by atoms with van der Waals surface area (Å²) in [6.07, 6.45) is 8.46. The number of aliphatic imine (C=N–C) groups is 1. The van der Waals surface area contributed by atoms with E-state index in [1.807, 2.05) is 6.07 Å². The van der Waals surface area contributed by atoms with Crippen molar-refractivity contribution in [2.45, 2.75) is 101 Å². The SMILES string of the molecule is NC(=O)[C@@H]1CCCCNC(=O)[C@@H](Cc2ccc(C(=O)c3ccccc3)cc2)NC(=O)[C@H](CC2CCCCC2)NC(=O)[C@@H](CCCN=C(N)N)NC(=O)/C=C/C(=O)N1. The normalized spacial score (nSPS) is 22.7. The fourth-order valence-corrected chi connectivity index (χ4v) is 6.98. The maximum Gasteiger partial charge on any atom is 0.244 e. The number of hydrogen-bond donors (Lipinski definition) is 8. The van der Waals surface area contributed by atoms with Crippen LogP contribution in [0.3, 0.4) is 0 Å². The third-order valence-corrected chi connectivity index (χ3v) is 10.1. The van der Waals surface area contributed by atoms with Crippen LogP contribution in [-0.4, -0.2) is 84.4 Å². The number of amides is 6. The lowest BCUT2D eigenvalue weighted by molar-refractivity contribution is -0.133. The Morgan fingerprint density at radius 1 is 0.649 bits per heavy atom. The largest absolute Gasteiger partial charge is 0.370 e. The zero-order valence-electron chi connectivity index (χ0n) is 32.2. The van der Waals surface area contributed by atoms with E-state index in [0.29, 0.717) is 36.0 Å². The lowest BCUT2D eigenvalue weighted by Crippen LogP contribution is -2.57. The Bertz CT molecular complexity index is 1770. The van der Waals surface area contributed by atoms with Crippen molar-refractivity contribution >= 4 is 47.2 Å². The minimum absolute atomic E-state index is 0.0765. The van der Waals surface area contributed by atoms with Crippen LogP contribution in [0.4, 0.5) is 0 Å². The van der Waals surface area contributed by atoms with Crippen LogP contribution in [0.15, 0.2) is 71.7 Å². The highest BCUT2D eigenvalue weighted by atomic mass is 16.2. The molecule has 1 saturated carbocycles. The molecule has 0 radical (unpaired) electrons. The highest BCUT2D eigenvalue weighted by Crippen LogP contribution is 2.27. The van der Waals surface area contributed by atoms with Gasteiger partial charge in [-0.15, -0.1) is 0 Å². The molecule has 0 saturated heterocycles. The van der Waals surface area contributed by atoms with E-state index in [1.165, 1.54) is 0 Å². The van der Waals surface area contributed by atoms with Gasteiger partial charge in [0.05, 0.1) is 0 Å². The van der Waals surface area contributed by atoms with E-state index < -0.39 is 59.6 Å². The van der Waals surface area contributed by atoms with Gasteiger partial charge in [0.2, 0.25) is 35.4 Å². The lowest BCUT2D eigenvalue weighted by Gasteiger charge is -2.29. The van der Waals surface area contributed by atoms with Gasteiger partial charge in [-0.2, -0.15) is 0 Å². The van der Waals surface area contributed by atoms with Crippen LogP contribution in [0.2, 0.25) is 0 Å². The summed E-state index contributed by atoms with van der Waals surface area (Å²) in [4.78, 5) is 96.6. The Balaban J connectivity index is 1.62. The predicted octanol–water partition coefficient (Wildman–Crippen LogP) is 0.765. The van der Waals surface area contributed by atoms with E-state index >= 15 is 0 Å². The number of nitrogens with zero attached hydrogens (tertiary/aromatic N) is 1. The third-order valence-electron chi connectivity index (χ3n) is 10.1. The molecule has 1 fully saturated rings. The number of guanidine groups is 1. The summed E-state index contributed by atoms with van der Waals surface area (Å²) in [5, 5.41) is 13.7. The van der Waals surface area contributed by atoms with Crippen molar-refractivity contribution in [1.82, 2.24) is 26.6 Å². The molecule has 16 heteroatoms. The molecule has 0 spiro atoms. The molecule has 1 aliphatic heterocycles. The average molecular weight is 786 g/mol. The Morgan fingerprint density at radius 3 is 1.93 bits per heavy atom. The second-order valence-electron chi connectivity index (χ2n) is 14.6. The van der Waals surface area contributed by atoms with Gasteiger partial charge in [0, 0.05) is 42.8 Å². The number of rotatable bonds is 11. The number of nitrogens with one attached hydrogen (secondary N) is 5. The molecule has 0 aromatic heterocycles. The van der Waals surface area contributed by atoms with Crippen molar-refractivity contribution in [3.05, 3.63) is 83.4 Å². The van der Waals surface area contributed by atoms with Crippen LogP contribution in [0, 0.1) is 5.92 Å². The van der Waals surface area contributed by atoms with Crippen LogP contribution >= 0.6 is 0 Å². The maximum absolute atomic E-state index is 14.2. The van der Waals surface area contributed by atoms with E-state index in [4.69, 9.17) is 17.2 Å². The average Bonchev–Trinajstić information content (AvgIpc) is 3.20. The number of ketones is 1. The number of hydrogen-bond acceptors (Lipinski definition) is 8. The smallest absolute Gasteiger partial charge is 0.244 e. The molecule has 306 valence electrons. The first-order valence-electron chi connectivity index (χ1n) is 19.6. The van der Waals surface area contributed by atoms with Crippen molar-refractivity contribution in [2.24, 2.45) is 28.1 Å². The molecule has 0 unspecified atom stereocenters. The van der Waals surface area contributed by atoms with E-state index in [9.17, 15) is 33.6 Å². The standard InChI is InChI=1S/C41H55N9O7/c42-37(54)30-14-7-8-22-45-38(55)32(25-27-16-18-29(19-17-27)36(53)28-12-5-2-6-13-28)49-40(57)33(24-26-10-3-1-4-11-26)50-39(56)31(15-9-23-46-41(43)44)48-35(52)21-20-34(51)47-30/h2,5-6,12-13,16-21,26,30-33H,1,3-4,7-11,14-15,22-25H2,(H2,42,54)(H,45,55)(H,47,51)(H,48,52)(H,49,57)(H,50,56)(H4,43,44,46)/b21-20+/t30-,31+,32+,33-/m0/s1. The summed E-state index contributed by atoms with van der Waals surface area (Å²) in [6.45, 7) is 0.359. The summed E-state index contributed by atoms with van der Waals surface area (Å²) >= 11 is 0. The van der Waals surface area contributed by atoms with E-state index in [1.54, 1.807) is 48.5 Å². The van der Waals surface area contributed by atoms with Crippen LogP contribution < -0.4 is 43.8 Å². The van der Waals surface area contributed by atoms with Crippen LogP contribution in [0.1, 0.15) is 92.1 Å². The highest BCUT2D eigenvalue weighted by molar-refractivity contribution is 6.09. The van der Waals surface area contributed by atoms with Crippen molar-refractivity contribution < 1.29 is 33.6 Å². The molecule has 0 bridgehead atoms. The summed E-state index contributed by atoms with van der Waals surface area (Å²) in [5.74, 6) is -4.11. The zero-order chi connectivity index (χ0) is 41.2. The molecule has 6 amide bonds. The highest BCUT2D eigenvalue weighted by Gasteiger charge is 2.32. The van der Waals surface area contributed by atoms with Gasteiger partial charge in [0.25, 0.3) is 0 Å². The first-order valence-corrected chi connectivity index (χ1v) is 19.6. The molecule has 16 nitrogen and oxygen atoms in total. The molecule has 4 rings (SSSR count). The van der Waals surface area contributed by atoms with E-state index in [0.717, 1.165) is 44.3 Å². The monoisotopic (exact) mass is 785 g/mol. The lowest BCUT2D eigenvalue weighted by atomic mass is 9.84. The second kappa shape index (κ2) is 22.5. The topological polar surface area (TPSA) is 270 Å². The molecule has 4 atom stereocenters. The molecule has 57 heavy (non-hydrogen) atoms. The number of carbonyl (C=O) groups excluding carboxylic acids is 7. The second-order valence-corrected chi connectivity index (χ2v) is 14.6. The minimum Gasteiger partial charge on any atom is -0.370 e. The Hall–Kier alpha value is -6.06. The third kappa shape index (κ3) is 14.8. The van der Waals surface area contributed by atoms with Crippen LogP contribution in [0.5, 0.6) is 0 Å². The maximum atomic E-state index is 14.2. The minimum atomic E-state index is -1.15. The molecule has 1 aliphatic carbocycles. The number of benzene rings is 2. The Labute approximate surface area is 332 Å². The van der Waals surface area contributed by atoms with Gasteiger partial charge in [0.1, 0.15) is 24.2 Å². The number of primary amides is 1. The van der Waals surface area contributed by atoms with Crippen molar-refractivity contribution in [3.63, 3.8) is 0 Å². The van der Waals surface area contributed by atoms with Gasteiger partial charge in [-0.1, -0.05) is 86.7 Å². The van der Waals surface area contributed by atoms with Crippen molar-refractivity contribution in [3.8, 4) is 0 Å².